The lowest BCUT2D eigenvalue weighted by Crippen LogP contribution is -2.31. The first kappa shape index (κ1) is 22.9. The van der Waals surface area contributed by atoms with Crippen LogP contribution < -0.4 is 9.80 Å². The molecule has 0 spiro atoms. The Morgan fingerprint density at radius 3 is 2.69 bits per heavy atom. The van der Waals surface area contributed by atoms with Gasteiger partial charge in [0.2, 0.25) is 0 Å². The second-order valence-electron chi connectivity index (χ2n) is 8.34. The lowest BCUT2D eigenvalue weighted by atomic mass is 10.1. The maximum Gasteiger partial charge on any atom is 0.293 e. The highest BCUT2D eigenvalue weighted by molar-refractivity contribution is 7.22. The number of amides is 1. The van der Waals surface area contributed by atoms with Gasteiger partial charge in [-0.15, -0.1) is 0 Å². The van der Waals surface area contributed by atoms with E-state index in [1.54, 1.807) is 42.7 Å². The van der Waals surface area contributed by atoms with Crippen molar-refractivity contribution in [3.05, 3.63) is 88.0 Å². The van der Waals surface area contributed by atoms with Crippen molar-refractivity contribution < 1.29 is 14.1 Å². The van der Waals surface area contributed by atoms with E-state index >= 15 is 0 Å². The predicted molar refractivity (Wildman–Crippen MR) is 133 cm³/mol. The molecule has 0 aliphatic carbocycles. The molecule has 4 aromatic rings. The summed E-state index contributed by atoms with van der Waals surface area (Å²) in [4.78, 5) is 37.1. The first-order valence-corrected chi connectivity index (χ1v) is 12.1. The van der Waals surface area contributed by atoms with Crippen LogP contribution in [0.1, 0.15) is 35.2 Å². The van der Waals surface area contributed by atoms with Crippen LogP contribution in [0.3, 0.4) is 0 Å². The summed E-state index contributed by atoms with van der Waals surface area (Å²) in [6.45, 7) is 1.63. The van der Waals surface area contributed by atoms with Gasteiger partial charge in [0, 0.05) is 37.1 Å². The van der Waals surface area contributed by atoms with Crippen LogP contribution in [0.5, 0.6) is 0 Å². The van der Waals surface area contributed by atoms with Crippen molar-refractivity contribution in [2.75, 3.05) is 22.9 Å². The Morgan fingerprint density at radius 1 is 1.14 bits per heavy atom. The molecule has 0 N–H and O–H groups in total. The fourth-order valence-electron chi connectivity index (χ4n) is 4.28. The number of para-hydroxylation sites is 1. The highest BCUT2D eigenvalue weighted by atomic mass is 32.1. The third kappa shape index (κ3) is 4.69. The SMILES string of the molecule is O=C(c1ccc(N2CCCCC2)c([N+](=O)[O-])c1)N(Cc1cccnc1)c1nc2c(F)cccc2s1. The molecule has 1 aliphatic rings. The van der Waals surface area contributed by atoms with E-state index in [1.165, 1.54) is 28.4 Å². The number of fused-ring (bicyclic) bond motifs is 1. The van der Waals surface area contributed by atoms with Crippen molar-refractivity contribution in [1.82, 2.24) is 9.97 Å². The Kier molecular flexibility index (Phi) is 6.37. The molecule has 1 amide bonds. The number of nitro benzene ring substituents is 1. The average Bonchev–Trinajstić information content (AvgIpc) is 3.33. The number of halogens is 1. The van der Waals surface area contributed by atoms with Gasteiger partial charge in [-0.1, -0.05) is 23.5 Å². The van der Waals surface area contributed by atoms with Gasteiger partial charge >= 0.3 is 0 Å². The van der Waals surface area contributed by atoms with E-state index in [0.717, 1.165) is 37.9 Å². The standard InChI is InChI=1S/C25H22FN5O3S/c26-19-7-4-8-22-23(19)28-25(35-22)30(16-17-6-5-11-27-15-17)24(32)18-9-10-20(21(14-18)31(33)34)29-12-2-1-3-13-29/h4-11,14-15H,1-3,12-13,16H2. The van der Waals surface area contributed by atoms with Crippen molar-refractivity contribution >= 4 is 44.0 Å². The third-order valence-corrected chi connectivity index (χ3v) is 7.06. The fraction of sp³-hybridized carbons (Fsp3) is 0.240. The summed E-state index contributed by atoms with van der Waals surface area (Å²) >= 11 is 1.19. The van der Waals surface area contributed by atoms with Crippen LogP contribution >= 0.6 is 11.3 Å². The first-order chi connectivity index (χ1) is 17.0. The maximum atomic E-state index is 14.3. The van der Waals surface area contributed by atoms with Gasteiger partial charge in [-0.05, 0) is 55.2 Å². The first-order valence-electron chi connectivity index (χ1n) is 11.3. The maximum absolute atomic E-state index is 14.3. The molecule has 1 saturated heterocycles. The van der Waals surface area contributed by atoms with Crippen molar-refractivity contribution in [3.8, 4) is 0 Å². The van der Waals surface area contributed by atoms with Gasteiger partial charge in [0.1, 0.15) is 17.0 Å². The molecule has 10 heteroatoms. The minimum Gasteiger partial charge on any atom is -0.366 e. The topological polar surface area (TPSA) is 92.5 Å². The number of hydrogen-bond acceptors (Lipinski definition) is 7. The number of aromatic nitrogens is 2. The molecule has 1 fully saturated rings. The van der Waals surface area contributed by atoms with Crippen LogP contribution in [-0.4, -0.2) is 33.9 Å². The van der Waals surface area contributed by atoms with Crippen molar-refractivity contribution in [2.24, 2.45) is 0 Å². The number of nitro groups is 1. The molecule has 0 atom stereocenters. The van der Waals surface area contributed by atoms with E-state index in [1.807, 2.05) is 11.0 Å². The number of piperidine rings is 1. The summed E-state index contributed by atoms with van der Waals surface area (Å²) in [6, 6.07) is 12.8. The van der Waals surface area contributed by atoms with Crippen LogP contribution in [0.25, 0.3) is 10.2 Å². The average molecular weight is 492 g/mol. The highest BCUT2D eigenvalue weighted by Gasteiger charge is 2.27. The molecule has 2 aromatic carbocycles. The van der Waals surface area contributed by atoms with Crippen molar-refractivity contribution in [3.63, 3.8) is 0 Å². The molecule has 5 rings (SSSR count). The number of pyridine rings is 1. The lowest BCUT2D eigenvalue weighted by molar-refractivity contribution is -0.384. The van der Waals surface area contributed by atoms with Crippen LogP contribution in [0.2, 0.25) is 0 Å². The summed E-state index contributed by atoms with van der Waals surface area (Å²) < 4.78 is 14.9. The zero-order valence-electron chi connectivity index (χ0n) is 18.8. The van der Waals surface area contributed by atoms with Gasteiger partial charge in [-0.3, -0.25) is 24.8 Å². The Bertz CT molecular complexity index is 1390. The van der Waals surface area contributed by atoms with Gasteiger partial charge in [0.25, 0.3) is 11.6 Å². The quantitative estimate of drug-likeness (QED) is 0.258. The fourth-order valence-corrected chi connectivity index (χ4v) is 5.26. The number of anilines is 2. The molecule has 2 aromatic heterocycles. The summed E-state index contributed by atoms with van der Waals surface area (Å²) in [6.07, 6.45) is 6.32. The lowest BCUT2D eigenvalue weighted by Gasteiger charge is -2.28. The molecule has 1 aliphatic heterocycles. The number of carbonyl (C=O) groups is 1. The van der Waals surface area contributed by atoms with Gasteiger partial charge in [0.15, 0.2) is 5.13 Å². The largest absolute Gasteiger partial charge is 0.366 e. The van der Waals surface area contributed by atoms with Crippen molar-refractivity contribution in [2.45, 2.75) is 25.8 Å². The van der Waals surface area contributed by atoms with E-state index in [2.05, 4.69) is 9.97 Å². The molecule has 8 nitrogen and oxygen atoms in total. The smallest absolute Gasteiger partial charge is 0.293 e. The summed E-state index contributed by atoms with van der Waals surface area (Å²) in [5.41, 5.74) is 1.52. The number of hydrogen-bond donors (Lipinski definition) is 0. The molecule has 178 valence electrons. The number of benzene rings is 2. The number of carbonyl (C=O) groups excluding carboxylic acids is 1. The Labute approximate surface area is 204 Å². The van der Waals surface area contributed by atoms with Crippen LogP contribution in [0.15, 0.2) is 60.9 Å². The van der Waals surface area contributed by atoms with Crippen LogP contribution in [0.4, 0.5) is 20.9 Å². The molecule has 3 heterocycles. The van der Waals surface area contributed by atoms with Gasteiger partial charge < -0.3 is 4.90 Å². The third-order valence-electron chi connectivity index (χ3n) is 6.01. The molecule has 0 radical (unpaired) electrons. The molecule has 0 unspecified atom stereocenters. The van der Waals surface area contributed by atoms with Crippen molar-refractivity contribution in [1.29, 1.82) is 0 Å². The molecular weight excluding hydrogens is 469 g/mol. The second kappa shape index (κ2) is 9.75. The zero-order valence-corrected chi connectivity index (χ0v) is 19.6. The molecule has 0 saturated carbocycles. The molecule has 0 bridgehead atoms. The normalized spacial score (nSPS) is 13.7. The van der Waals surface area contributed by atoms with Gasteiger partial charge in [-0.2, -0.15) is 0 Å². The Morgan fingerprint density at radius 2 is 1.97 bits per heavy atom. The van der Waals surface area contributed by atoms with E-state index in [0.29, 0.717) is 15.5 Å². The van der Waals surface area contributed by atoms with E-state index in [9.17, 15) is 19.3 Å². The Balaban J connectivity index is 1.55. The number of rotatable bonds is 6. The minimum absolute atomic E-state index is 0.102. The number of nitrogens with zero attached hydrogens (tertiary/aromatic N) is 5. The van der Waals surface area contributed by atoms with Gasteiger partial charge in [0.05, 0.1) is 16.2 Å². The summed E-state index contributed by atoms with van der Waals surface area (Å²) in [7, 11) is 0. The summed E-state index contributed by atoms with van der Waals surface area (Å²) in [5.74, 6) is -0.929. The van der Waals surface area contributed by atoms with E-state index < -0.39 is 16.6 Å². The summed E-state index contributed by atoms with van der Waals surface area (Å²) in [5, 5.41) is 12.2. The number of thiazole rings is 1. The monoisotopic (exact) mass is 491 g/mol. The van der Waals surface area contributed by atoms with E-state index in [4.69, 9.17) is 0 Å². The predicted octanol–water partition coefficient (Wildman–Crippen LogP) is 5.58. The Hall–Kier alpha value is -3.92. The van der Waals surface area contributed by atoms with E-state index in [-0.39, 0.29) is 23.3 Å². The molecular formula is C25H22FN5O3S. The molecule has 35 heavy (non-hydrogen) atoms. The second-order valence-corrected chi connectivity index (χ2v) is 9.35. The van der Waals surface area contributed by atoms with Crippen LogP contribution in [0, 0.1) is 15.9 Å². The van der Waals surface area contributed by atoms with Crippen LogP contribution in [-0.2, 0) is 6.54 Å². The minimum atomic E-state index is -0.472. The zero-order chi connectivity index (χ0) is 24.4. The highest BCUT2D eigenvalue weighted by Crippen LogP contribution is 2.35. The van der Waals surface area contributed by atoms with Gasteiger partial charge in [-0.25, -0.2) is 9.37 Å².